The van der Waals surface area contributed by atoms with E-state index in [4.69, 9.17) is 4.74 Å². The minimum Gasteiger partial charge on any atom is -0.508 e. The monoisotopic (exact) mass is 596 g/mol. The zero-order valence-corrected chi connectivity index (χ0v) is 24.4. The Bertz CT molecular complexity index is 1650. The van der Waals surface area contributed by atoms with Crippen molar-refractivity contribution in [2.75, 3.05) is 11.9 Å². The zero-order chi connectivity index (χ0) is 31.3. The SMILES string of the molecule is CC(F)(F)c1cccc(CC2CCC(OCC(=O)Nc3cc(O)cc(O)c3)(c3ccc(-c4cccc(C#N)c4)cc3)CC2)c1. The van der Waals surface area contributed by atoms with Crippen LogP contribution in [0.15, 0.2) is 91.0 Å². The molecule has 6 nitrogen and oxygen atoms in total. The Hall–Kier alpha value is -4.74. The van der Waals surface area contributed by atoms with Crippen LogP contribution in [0.2, 0.25) is 0 Å². The third-order valence-corrected chi connectivity index (χ3v) is 8.27. The minimum absolute atomic E-state index is 0.00921. The largest absolute Gasteiger partial charge is 0.508 e. The number of phenolic OH excluding ortho intramolecular Hbond substituents is 2. The predicted octanol–water partition coefficient (Wildman–Crippen LogP) is 8.03. The number of hydrogen-bond donors (Lipinski definition) is 3. The first-order valence-electron chi connectivity index (χ1n) is 14.6. The zero-order valence-electron chi connectivity index (χ0n) is 24.4. The van der Waals surface area contributed by atoms with Gasteiger partial charge in [-0.1, -0.05) is 54.6 Å². The van der Waals surface area contributed by atoms with E-state index in [9.17, 15) is 29.1 Å². The number of phenols is 2. The number of rotatable bonds is 9. The van der Waals surface area contributed by atoms with Gasteiger partial charge in [0.2, 0.25) is 5.91 Å². The molecule has 0 heterocycles. The van der Waals surface area contributed by atoms with Crippen molar-refractivity contribution in [1.29, 1.82) is 5.26 Å². The summed E-state index contributed by atoms with van der Waals surface area (Å²) in [5.74, 6) is -3.41. The Morgan fingerprint density at radius 3 is 2.30 bits per heavy atom. The summed E-state index contributed by atoms with van der Waals surface area (Å²) >= 11 is 0. The molecule has 4 aromatic carbocycles. The fourth-order valence-corrected chi connectivity index (χ4v) is 5.97. The van der Waals surface area contributed by atoms with Gasteiger partial charge >= 0.3 is 0 Å². The van der Waals surface area contributed by atoms with Crippen LogP contribution in [0.25, 0.3) is 11.1 Å². The van der Waals surface area contributed by atoms with Crippen LogP contribution >= 0.6 is 0 Å². The minimum atomic E-state index is -2.90. The highest BCUT2D eigenvalue weighted by molar-refractivity contribution is 5.92. The highest BCUT2D eigenvalue weighted by Gasteiger charge is 2.38. The van der Waals surface area contributed by atoms with E-state index in [1.54, 1.807) is 18.2 Å². The van der Waals surface area contributed by atoms with Gasteiger partial charge in [0.25, 0.3) is 5.92 Å². The number of alkyl halides is 2. The highest BCUT2D eigenvalue weighted by atomic mass is 19.3. The van der Waals surface area contributed by atoms with Crippen molar-refractivity contribution in [3.63, 3.8) is 0 Å². The van der Waals surface area contributed by atoms with E-state index in [1.807, 2.05) is 48.5 Å². The number of nitrogens with one attached hydrogen (secondary N) is 1. The number of aromatic hydroxyl groups is 2. The average molecular weight is 597 g/mol. The average Bonchev–Trinajstić information content (AvgIpc) is 3.00. The molecule has 0 atom stereocenters. The number of hydrogen-bond acceptors (Lipinski definition) is 5. The molecule has 0 aliphatic heterocycles. The first-order chi connectivity index (χ1) is 21.0. The first-order valence-corrected chi connectivity index (χ1v) is 14.6. The van der Waals surface area contributed by atoms with Crippen LogP contribution in [0.1, 0.15) is 54.9 Å². The lowest BCUT2D eigenvalue weighted by atomic mass is 9.73. The Kier molecular flexibility index (Phi) is 8.98. The Labute approximate surface area is 255 Å². The van der Waals surface area contributed by atoms with Crippen molar-refractivity contribution < 1.29 is 28.5 Å². The van der Waals surface area contributed by atoms with Crippen molar-refractivity contribution in [3.8, 4) is 28.7 Å². The Morgan fingerprint density at radius 1 is 0.955 bits per heavy atom. The summed E-state index contributed by atoms with van der Waals surface area (Å²) < 4.78 is 34.2. The molecule has 1 aliphatic rings. The molecule has 5 rings (SSSR count). The molecule has 8 heteroatoms. The number of carbonyl (C=O) groups excluding carboxylic acids is 1. The summed E-state index contributed by atoms with van der Waals surface area (Å²) in [6.45, 7) is 0.657. The van der Waals surface area contributed by atoms with E-state index in [0.29, 0.717) is 24.8 Å². The number of nitrogens with zero attached hydrogens (tertiary/aromatic N) is 1. The molecule has 4 aromatic rings. The van der Waals surface area contributed by atoms with E-state index < -0.39 is 17.4 Å². The highest BCUT2D eigenvalue weighted by Crippen LogP contribution is 2.44. The van der Waals surface area contributed by atoms with Crippen molar-refractivity contribution in [1.82, 2.24) is 0 Å². The molecule has 0 bridgehead atoms. The van der Waals surface area contributed by atoms with Gasteiger partial charge in [0, 0.05) is 36.4 Å². The van der Waals surface area contributed by atoms with Crippen molar-refractivity contribution >= 4 is 11.6 Å². The van der Waals surface area contributed by atoms with E-state index >= 15 is 0 Å². The number of halogens is 2. The quantitative estimate of drug-likeness (QED) is 0.182. The van der Waals surface area contributed by atoms with Crippen LogP contribution in [-0.4, -0.2) is 22.7 Å². The molecule has 0 aromatic heterocycles. The number of nitriles is 1. The Morgan fingerprint density at radius 2 is 1.64 bits per heavy atom. The molecule has 1 fully saturated rings. The van der Waals surface area contributed by atoms with Crippen molar-refractivity contribution in [3.05, 3.63) is 113 Å². The number of ether oxygens (including phenoxy) is 1. The topological polar surface area (TPSA) is 103 Å². The normalized spacial score (nSPS) is 18.4. The standard InChI is InChI=1S/C36H34F2N2O4/c1-35(37,38)30-7-3-4-25(18-30)16-24-12-14-36(15-13-24,44-23-34(43)40-31-19-32(41)21-33(42)20-31)29-10-8-27(9-11-29)28-6-2-5-26(17-28)22-39/h2-11,17-21,24,41-42H,12-16,23H2,1H3,(H,40,43). The molecule has 44 heavy (non-hydrogen) atoms. The fourth-order valence-electron chi connectivity index (χ4n) is 5.97. The summed E-state index contributed by atoms with van der Waals surface area (Å²) in [4.78, 5) is 12.9. The van der Waals surface area contributed by atoms with Gasteiger partial charge in [-0.2, -0.15) is 5.26 Å². The molecule has 0 radical (unpaired) electrons. The van der Waals surface area contributed by atoms with Gasteiger partial charge in [-0.15, -0.1) is 0 Å². The van der Waals surface area contributed by atoms with E-state index in [0.717, 1.165) is 42.0 Å². The molecule has 1 amide bonds. The second kappa shape index (κ2) is 12.9. The van der Waals surface area contributed by atoms with Gasteiger partial charge in [-0.3, -0.25) is 4.79 Å². The maximum absolute atomic E-state index is 13.9. The van der Waals surface area contributed by atoms with E-state index in [-0.39, 0.29) is 35.3 Å². The smallest absolute Gasteiger partial charge is 0.270 e. The van der Waals surface area contributed by atoms with Crippen molar-refractivity contribution in [2.24, 2.45) is 5.92 Å². The molecule has 0 spiro atoms. The summed E-state index contributed by atoms with van der Waals surface area (Å²) in [6, 6.07) is 27.9. The van der Waals surface area contributed by atoms with E-state index in [2.05, 4.69) is 11.4 Å². The predicted molar refractivity (Wildman–Crippen MR) is 164 cm³/mol. The third-order valence-electron chi connectivity index (χ3n) is 8.27. The second-order valence-electron chi connectivity index (χ2n) is 11.6. The van der Waals surface area contributed by atoms with Gasteiger partial charge in [0.05, 0.1) is 17.2 Å². The number of anilines is 1. The van der Waals surface area contributed by atoms with Gasteiger partial charge in [0.15, 0.2) is 0 Å². The van der Waals surface area contributed by atoms with Crippen molar-refractivity contribution in [2.45, 2.75) is 50.6 Å². The van der Waals surface area contributed by atoms with Crippen LogP contribution < -0.4 is 5.32 Å². The lowest BCUT2D eigenvalue weighted by Gasteiger charge is -2.40. The molecule has 1 saturated carbocycles. The molecule has 226 valence electrons. The van der Waals surface area contributed by atoms with Crippen LogP contribution in [-0.2, 0) is 27.5 Å². The summed E-state index contributed by atoms with van der Waals surface area (Å²) in [5, 5.41) is 31.5. The summed E-state index contributed by atoms with van der Waals surface area (Å²) in [5.41, 5.74) is 3.75. The molecular formula is C36H34F2N2O4. The number of benzene rings is 4. The van der Waals surface area contributed by atoms with Crippen LogP contribution in [0.3, 0.4) is 0 Å². The Balaban J connectivity index is 1.34. The molecule has 0 unspecified atom stereocenters. The van der Waals surface area contributed by atoms with Gasteiger partial charge in [-0.25, -0.2) is 8.78 Å². The first kappa shape index (κ1) is 30.7. The van der Waals surface area contributed by atoms with Crippen LogP contribution in [0.5, 0.6) is 11.5 Å². The summed E-state index contributed by atoms with van der Waals surface area (Å²) in [6.07, 6.45) is 3.49. The van der Waals surface area contributed by atoms with Gasteiger partial charge in [-0.05, 0) is 78.5 Å². The molecule has 0 saturated heterocycles. The van der Waals surface area contributed by atoms with Gasteiger partial charge < -0.3 is 20.3 Å². The van der Waals surface area contributed by atoms with Gasteiger partial charge in [0.1, 0.15) is 18.1 Å². The fraction of sp³-hybridized carbons (Fsp3) is 0.278. The van der Waals surface area contributed by atoms with E-state index in [1.165, 1.54) is 24.3 Å². The van der Waals surface area contributed by atoms with Crippen LogP contribution in [0.4, 0.5) is 14.5 Å². The maximum atomic E-state index is 13.9. The number of amides is 1. The molecule has 1 aliphatic carbocycles. The third kappa shape index (κ3) is 7.42. The second-order valence-corrected chi connectivity index (χ2v) is 11.6. The number of carbonyl (C=O) groups is 1. The van der Waals surface area contributed by atoms with Crippen LogP contribution in [0, 0.1) is 17.2 Å². The molecule has 3 N–H and O–H groups in total. The summed E-state index contributed by atoms with van der Waals surface area (Å²) in [7, 11) is 0. The lowest BCUT2D eigenvalue weighted by Crippen LogP contribution is -2.37. The molecular weight excluding hydrogens is 562 g/mol. The maximum Gasteiger partial charge on any atom is 0.270 e. The lowest BCUT2D eigenvalue weighted by molar-refractivity contribution is -0.133.